The molecule has 4 atom stereocenters. The first-order valence-corrected chi connectivity index (χ1v) is 6.69. The molecule has 18 heavy (non-hydrogen) atoms. The lowest BCUT2D eigenvalue weighted by molar-refractivity contribution is -0.145. The second-order valence-electron chi connectivity index (χ2n) is 5.64. The average Bonchev–Trinajstić information content (AvgIpc) is 2.66. The molecule has 2 rings (SSSR count). The van der Waals surface area contributed by atoms with Gasteiger partial charge in [0.05, 0.1) is 12.0 Å². The summed E-state index contributed by atoms with van der Waals surface area (Å²) in [7, 11) is 0. The lowest BCUT2D eigenvalue weighted by atomic mass is 9.84. The first-order valence-electron chi connectivity index (χ1n) is 6.69. The molecule has 1 fully saturated rings. The highest BCUT2D eigenvalue weighted by molar-refractivity contribution is 5.74. The van der Waals surface area contributed by atoms with Crippen LogP contribution in [0.2, 0.25) is 0 Å². The van der Waals surface area contributed by atoms with Crippen LogP contribution < -0.4 is 0 Å². The number of fused-ring (bicyclic) bond motifs is 2. The molecule has 0 aromatic carbocycles. The molecule has 1 saturated heterocycles. The lowest BCUT2D eigenvalue weighted by Crippen LogP contribution is -2.21. The summed E-state index contributed by atoms with van der Waals surface area (Å²) in [5.74, 6) is 0.0367. The van der Waals surface area contributed by atoms with Gasteiger partial charge in [0.15, 0.2) is 0 Å². The zero-order valence-electron chi connectivity index (χ0n) is 11.2. The van der Waals surface area contributed by atoms with Crippen LogP contribution in [0.5, 0.6) is 0 Å². The molecule has 100 valence electrons. The smallest absolute Gasteiger partial charge is 0.309 e. The number of aliphatic hydroxyl groups excluding tert-OH is 1. The number of carbonyl (C=O) groups excluding carboxylic acids is 1. The van der Waals surface area contributed by atoms with E-state index >= 15 is 0 Å². The Morgan fingerprint density at radius 3 is 2.89 bits per heavy atom. The van der Waals surface area contributed by atoms with Crippen LogP contribution in [0, 0.1) is 11.8 Å². The Balaban J connectivity index is 2.24. The standard InChI is InChI=1S/C15H22O3/c1-9(2)12-6-4-10(3)13(16)7-5-11-8-14(12)18-15(11)17/h4,11-14,16H,1,5-8H2,2-3H3/b10-4+/t11-,12-,13+,14-/m1/s1. The van der Waals surface area contributed by atoms with E-state index in [1.165, 1.54) is 0 Å². The van der Waals surface area contributed by atoms with Crippen molar-refractivity contribution >= 4 is 5.97 Å². The first-order chi connectivity index (χ1) is 8.49. The van der Waals surface area contributed by atoms with Gasteiger partial charge in [-0.2, -0.15) is 0 Å². The molecule has 0 aromatic rings. The molecule has 1 aliphatic carbocycles. The number of hydrogen-bond acceptors (Lipinski definition) is 3. The normalized spacial score (nSPS) is 39.7. The zero-order valence-corrected chi connectivity index (χ0v) is 11.2. The van der Waals surface area contributed by atoms with E-state index in [-0.39, 0.29) is 23.9 Å². The minimum absolute atomic E-state index is 0.0284. The number of carbonyl (C=O) groups is 1. The molecule has 0 saturated carbocycles. The van der Waals surface area contributed by atoms with Gasteiger partial charge in [0.1, 0.15) is 6.10 Å². The van der Waals surface area contributed by atoms with Crippen molar-refractivity contribution in [3.8, 4) is 0 Å². The Labute approximate surface area is 109 Å². The third kappa shape index (κ3) is 2.66. The van der Waals surface area contributed by atoms with Crippen LogP contribution in [0.15, 0.2) is 23.8 Å². The second kappa shape index (κ2) is 5.27. The van der Waals surface area contributed by atoms with E-state index in [0.717, 1.165) is 24.0 Å². The largest absolute Gasteiger partial charge is 0.461 e. The van der Waals surface area contributed by atoms with Gasteiger partial charge in [-0.05, 0) is 45.1 Å². The number of aliphatic hydroxyl groups is 1. The van der Waals surface area contributed by atoms with E-state index in [4.69, 9.17) is 4.74 Å². The summed E-state index contributed by atoms with van der Waals surface area (Å²) >= 11 is 0. The molecular formula is C15H22O3. The molecule has 2 aliphatic rings. The van der Waals surface area contributed by atoms with Gasteiger partial charge < -0.3 is 9.84 Å². The molecule has 2 bridgehead atoms. The number of ether oxygens (including phenoxy) is 1. The van der Waals surface area contributed by atoms with Gasteiger partial charge in [-0.15, -0.1) is 0 Å². The average molecular weight is 250 g/mol. The molecule has 1 aliphatic heterocycles. The minimum atomic E-state index is -0.430. The highest BCUT2D eigenvalue weighted by Crippen LogP contribution is 2.35. The van der Waals surface area contributed by atoms with Crippen molar-refractivity contribution in [1.29, 1.82) is 0 Å². The zero-order chi connectivity index (χ0) is 13.3. The fraction of sp³-hybridized carbons (Fsp3) is 0.667. The highest BCUT2D eigenvalue weighted by atomic mass is 16.6. The lowest BCUT2D eigenvalue weighted by Gasteiger charge is -2.23. The van der Waals surface area contributed by atoms with Crippen molar-refractivity contribution in [2.45, 2.75) is 51.7 Å². The van der Waals surface area contributed by atoms with Crippen molar-refractivity contribution in [1.82, 2.24) is 0 Å². The van der Waals surface area contributed by atoms with Crippen molar-refractivity contribution in [2.75, 3.05) is 0 Å². The summed E-state index contributed by atoms with van der Waals surface area (Å²) < 4.78 is 5.49. The van der Waals surface area contributed by atoms with E-state index in [1.807, 2.05) is 13.8 Å². The Morgan fingerprint density at radius 1 is 1.50 bits per heavy atom. The molecule has 3 heteroatoms. The SMILES string of the molecule is C=C(C)[C@H]1C/C=C(\C)[C@@H](O)CC[C@@H]2C[C@H]1OC2=O. The van der Waals surface area contributed by atoms with Gasteiger partial charge in [0, 0.05) is 5.92 Å². The summed E-state index contributed by atoms with van der Waals surface area (Å²) in [6.45, 7) is 7.94. The van der Waals surface area contributed by atoms with Crippen LogP contribution in [-0.4, -0.2) is 23.3 Å². The summed E-state index contributed by atoms with van der Waals surface area (Å²) in [4.78, 5) is 11.8. The number of rotatable bonds is 1. The quantitative estimate of drug-likeness (QED) is 0.575. The van der Waals surface area contributed by atoms with Gasteiger partial charge in [0.25, 0.3) is 0 Å². The topological polar surface area (TPSA) is 46.5 Å². The van der Waals surface area contributed by atoms with E-state index in [2.05, 4.69) is 12.7 Å². The van der Waals surface area contributed by atoms with Crippen molar-refractivity contribution in [2.24, 2.45) is 11.8 Å². The minimum Gasteiger partial charge on any atom is -0.461 e. The molecule has 3 nitrogen and oxygen atoms in total. The van der Waals surface area contributed by atoms with Crippen LogP contribution in [0.1, 0.15) is 39.5 Å². The van der Waals surface area contributed by atoms with Crippen molar-refractivity contribution in [3.63, 3.8) is 0 Å². The highest BCUT2D eigenvalue weighted by Gasteiger charge is 2.39. The summed E-state index contributed by atoms with van der Waals surface area (Å²) in [6.07, 6.45) is 4.53. The van der Waals surface area contributed by atoms with Gasteiger partial charge >= 0.3 is 5.97 Å². The van der Waals surface area contributed by atoms with Crippen LogP contribution in [0.3, 0.4) is 0 Å². The molecule has 0 spiro atoms. The monoisotopic (exact) mass is 250 g/mol. The molecule has 0 amide bonds. The molecule has 1 heterocycles. The Morgan fingerprint density at radius 2 is 2.22 bits per heavy atom. The van der Waals surface area contributed by atoms with Gasteiger partial charge in [-0.1, -0.05) is 18.2 Å². The van der Waals surface area contributed by atoms with Crippen molar-refractivity contribution < 1.29 is 14.6 Å². The second-order valence-corrected chi connectivity index (χ2v) is 5.64. The van der Waals surface area contributed by atoms with E-state index in [0.29, 0.717) is 12.8 Å². The third-order valence-corrected chi connectivity index (χ3v) is 4.21. The number of esters is 1. The van der Waals surface area contributed by atoms with Gasteiger partial charge in [-0.25, -0.2) is 0 Å². The number of hydrogen-bond donors (Lipinski definition) is 1. The molecule has 1 N–H and O–H groups in total. The van der Waals surface area contributed by atoms with E-state index < -0.39 is 6.10 Å². The molecular weight excluding hydrogens is 228 g/mol. The molecule has 0 unspecified atom stereocenters. The van der Waals surface area contributed by atoms with Crippen LogP contribution in [0.4, 0.5) is 0 Å². The summed E-state index contributed by atoms with van der Waals surface area (Å²) in [5, 5.41) is 9.99. The first kappa shape index (κ1) is 13.3. The van der Waals surface area contributed by atoms with E-state index in [1.54, 1.807) is 0 Å². The molecule has 0 aromatic heterocycles. The van der Waals surface area contributed by atoms with Gasteiger partial charge in [0.2, 0.25) is 0 Å². The maximum absolute atomic E-state index is 11.8. The van der Waals surface area contributed by atoms with Crippen LogP contribution in [0.25, 0.3) is 0 Å². The Kier molecular flexibility index (Phi) is 3.91. The maximum Gasteiger partial charge on any atom is 0.309 e. The maximum atomic E-state index is 11.8. The fourth-order valence-electron chi connectivity index (χ4n) is 2.86. The third-order valence-electron chi connectivity index (χ3n) is 4.21. The summed E-state index contributed by atoms with van der Waals surface area (Å²) in [6, 6.07) is 0. The predicted octanol–water partition coefficient (Wildman–Crippen LogP) is 2.60. The van der Waals surface area contributed by atoms with Crippen molar-refractivity contribution in [3.05, 3.63) is 23.8 Å². The summed E-state index contributed by atoms with van der Waals surface area (Å²) in [5.41, 5.74) is 2.04. The Bertz CT molecular complexity index is 383. The van der Waals surface area contributed by atoms with Crippen LogP contribution in [-0.2, 0) is 9.53 Å². The molecule has 0 radical (unpaired) electrons. The van der Waals surface area contributed by atoms with E-state index in [9.17, 15) is 9.90 Å². The predicted molar refractivity (Wildman–Crippen MR) is 69.9 cm³/mol. The van der Waals surface area contributed by atoms with Gasteiger partial charge in [-0.3, -0.25) is 4.79 Å². The number of allylic oxidation sites excluding steroid dienone is 1. The van der Waals surface area contributed by atoms with Crippen LogP contribution >= 0.6 is 0 Å². The fourth-order valence-corrected chi connectivity index (χ4v) is 2.86. The Hall–Kier alpha value is -1.09.